The molecule has 5 heteroatoms. The molecule has 2 aromatic rings. The lowest BCUT2D eigenvalue weighted by Crippen LogP contribution is -2.19. The van der Waals surface area contributed by atoms with Crippen LogP contribution in [0.2, 0.25) is 0 Å². The van der Waals surface area contributed by atoms with Gasteiger partial charge in [0.2, 0.25) is 0 Å². The number of ether oxygens (including phenoxy) is 2. The first-order chi connectivity index (χ1) is 10.5. The van der Waals surface area contributed by atoms with E-state index in [1.807, 2.05) is 29.9 Å². The molecule has 0 fully saturated rings. The fraction of sp³-hybridized carbons (Fsp3) is 0.471. The Morgan fingerprint density at radius 1 is 1.14 bits per heavy atom. The molecule has 0 amide bonds. The van der Waals surface area contributed by atoms with Gasteiger partial charge in [-0.2, -0.15) is 5.10 Å². The zero-order valence-electron chi connectivity index (χ0n) is 14.2. The van der Waals surface area contributed by atoms with Crippen LogP contribution in [0.1, 0.15) is 35.5 Å². The standard InChI is InChI=1S/C17H25N3O2/c1-11(17-12(2)19-20(4)13(17)3)18-10-14-7-15(21-5)9-16(8-14)22-6/h7-9,11,18H,10H2,1-6H3/t11-/m0/s1. The second-order valence-corrected chi connectivity index (χ2v) is 5.53. The van der Waals surface area contributed by atoms with Gasteiger partial charge in [0.25, 0.3) is 0 Å². The Kier molecular flexibility index (Phi) is 5.08. The fourth-order valence-corrected chi connectivity index (χ4v) is 2.76. The molecule has 0 aliphatic heterocycles. The first-order valence-electron chi connectivity index (χ1n) is 7.41. The van der Waals surface area contributed by atoms with E-state index < -0.39 is 0 Å². The van der Waals surface area contributed by atoms with Gasteiger partial charge in [-0.3, -0.25) is 4.68 Å². The summed E-state index contributed by atoms with van der Waals surface area (Å²) in [6, 6.07) is 6.14. The van der Waals surface area contributed by atoms with Gasteiger partial charge in [-0.05, 0) is 38.5 Å². The third-order valence-electron chi connectivity index (χ3n) is 4.02. The van der Waals surface area contributed by atoms with E-state index in [-0.39, 0.29) is 6.04 Å². The molecule has 0 aliphatic carbocycles. The van der Waals surface area contributed by atoms with Crippen LogP contribution in [0.25, 0.3) is 0 Å². The molecule has 1 aromatic carbocycles. The summed E-state index contributed by atoms with van der Waals surface area (Å²) in [6.45, 7) is 7.05. The molecule has 22 heavy (non-hydrogen) atoms. The molecule has 2 rings (SSSR count). The van der Waals surface area contributed by atoms with E-state index in [2.05, 4.69) is 31.2 Å². The predicted octanol–water partition coefficient (Wildman–Crippen LogP) is 2.90. The van der Waals surface area contributed by atoms with Crippen LogP contribution in [0.15, 0.2) is 18.2 Å². The topological polar surface area (TPSA) is 48.3 Å². The number of methoxy groups -OCH3 is 2. The van der Waals surface area contributed by atoms with Crippen LogP contribution in [0.3, 0.4) is 0 Å². The number of benzene rings is 1. The van der Waals surface area contributed by atoms with Crippen molar-refractivity contribution in [3.8, 4) is 11.5 Å². The Labute approximate surface area is 132 Å². The highest BCUT2D eigenvalue weighted by Gasteiger charge is 2.16. The molecule has 0 unspecified atom stereocenters. The maximum absolute atomic E-state index is 5.31. The van der Waals surface area contributed by atoms with E-state index in [9.17, 15) is 0 Å². The highest BCUT2D eigenvalue weighted by molar-refractivity contribution is 5.38. The van der Waals surface area contributed by atoms with Crippen LogP contribution in [-0.4, -0.2) is 24.0 Å². The Morgan fingerprint density at radius 3 is 2.18 bits per heavy atom. The van der Waals surface area contributed by atoms with Crippen molar-refractivity contribution >= 4 is 0 Å². The van der Waals surface area contributed by atoms with Gasteiger partial charge < -0.3 is 14.8 Å². The molecule has 1 aromatic heterocycles. The second-order valence-electron chi connectivity index (χ2n) is 5.53. The zero-order chi connectivity index (χ0) is 16.3. The molecule has 0 spiro atoms. The van der Waals surface area contributed by atoms with Gasteiger partial charge in [0.15, 0.2) is 0 Å². The minimum absolute atomic E-state index is 0.228. The largest absolute Gasteiger partial charge is 0.497 e. The quantitative estimate of drug-likeness (QED) is 0.891. The molecule has 0 aliphatic rings. The van der Waals surface area contributed by atoms with Crippen molar-refractivity contribution in [2.24, 2.45) is 7.05 Å². The molecule has 5 nitrogen and oxygen atoms in total. The molecule has 0 bridgehead atoms. The van der Waals surface area contributed by atoms with Crippen LogP contribution in [0, 0.1) is 13.8 Å². The molecule has 0 saturated heterocycles. The van der Waals surface area contributed by atoms with Crippen molar-refractivity contribution in [1.29, 1.82) is 0 Å². The van der Waals surface area contributed by atoms with Crippen LogP contribution in [0.4, 0.5) is 0 Å². The Balaban J connectivity index is 2.12. The van der Waals surface area contributed by atoms with Crippen molar-refractivity contribution in [2.75, 3.05) is 14.2 Å². The number of nitrogens with one attached hydrogen (secondary N) is 1. The monoisotopic (exact) mass is 303 g/mol. The Hall–Kier alpha value is -2.01. The molecule has 0 radical (unpaired) electrons. The molecular weight excluding hydrogens is 278 g/mol. The van der Waals surface area contributed by atoms with Gasteiger partial charge in [0.1, 0.15) is 11.5 Å². The van der Waals surface area contributed by atoms with Gasteiger partial charge in [0, 0.05) is 37.0 Å². The lowest BCUT2D eigenvalue weighted by Gasteiger charge is -2.16. The average molecular weight is 303 g/mol. The Bertz CT molecular complexity index is 627. The number of aryl methyl sites for hydroxylation is 2. The zero-order valence-corrected chi connectivity index (χ0v) is 14.2. The van der Waals surface area contributed by atoms with Crippen LogP contribution < -0.4 is 14.8 Å². The summed E-state index contributed by atoms with van der Waals surface area (Å²) in [6.07, 6.45) is 0. The summed E-state index contributed by atoms with van der Waals surface area (Å²) in [5, 5.41) is 8.03. The van der Waals surface area contributed by atoms with Crippen molar-refractivity contribution in [1.82, 2.24) is 15.1 Å². The summed E-state index contributed by atoms with van der Waals surface area (Å²) < 4.78 is 12.5. The second kappa shape index (κ2) is 6.83. The van der Waals surface area contributed by atoms with E-state index >= 15 is 0 Å². The van der Waals surface area contributed by atoms with Gasteiger partial charge >= 0.3 is 0 Å². The molecule has 1 N–H and O–H groups in total. The minimum Gasteiger partial charge on any atom is -0.497 e. The molecular formula is C17H25N3O2. The third-order valence-corrected chi connectivity index (χ3v) is 4.02. The van der Waals surface area contributed by atoms with E-state index in [0.29, 0.717) is 0 Å². The maximum atomic E-state index is 5.31. The number of hydrogen-bond acceptors (Lipinski definition) is 4. The van der Waals surface area contributed by atoms with Gasteiger partial charge in [0.05, 0.1) is 19.9 Å². The summed E-state index contributed by atoms with van der Waals surface area (Å²) in [5.74, 6) is 1.61. The van der Waals surface area contributed by atoms with Crippen LogP contribution in [-0.2, 0) is 13.6 Å². The summed E-state index contributed by atoms with van der Waals surface area (Å²) >= 11 is 0. The Morgan fingerprint density at radius 2 is 1.73 bits per heavy atom. The van der Waals surface area contributed by atoms with Crippen molar-refractivity contribution in [3.63, 3.8) is 0 Å². The van der Waals surface area contributed by atoms with E-state index in [0.717, 1.165) is 29.3 Å². The van der Waals surface area contributed by atoms with Crippen molar-refractivity contribution in [2.45, 2.75) is 33.4 Å². The molecule has 1 heterocycles. The van der Waals surface area contributed by atoms with Crippen LogP contribution >= 0.6 is 0 Å². The summed E-state index contributed by atoms with van der Waals surface area (Å²) in [4.78, 5) is 0. The molecule has 1 atom stereocenters. The van der Waals surface area contributed by atoms with Gasteiger partial charge in [-0.25, -0.2) is 0 Å². The normalized spacial score (nSPS) is 12.3. The van der Waals surface area contributed by atoms with Crippen molar-refractivity contribution < 1.29 is 9.47 Å². The highest BCUT2D eigenvalue weighted by Crippen LogP contribution is 2.24. The number of rotatable bonds is 6. The third kappa shape index (κ3) is 3.42. The van der Waals surface area contributed by atoms with E-state index in [4.69, 9.17) is 9.47 Å². The SMILES string of the molecule is COc1cc(CN[C@@H](C)c2c(C)nn(C)c2C)cc(OC)c1. The van der Waals surface area contributed by atoms with Crippen molar-refractivity contribution in [3.05, 3.63) is 40.7 Å². The lowest BCUT2D eigenvalue weighted by atomic mass is 10.1. The van der Waals surface area contributed by atoms with E-state index in [1.165, 1.54) is 11.3 Å². The predicted molar refractivity (Wildman–Crippen MR) is 87.5 cm³/mol. The lowest BCUT2D eigenvalue weighted by molar-refractivity contribution is 0.392. The average Bonchev–Trinajstić information content (AvgIpc) is 2.77. The smallest absolute Gasteiger partial charge is 0.122 e. The first-order valence-corrected chi connectivity index (χ1v) is 7.41. The minimum atomic E-state index is 0.228. The number of hydrogen-bond donors (Lipinski definition) is 1. The summed E-state index contributed by atoms with van der Waals surface area (Å²) in [7, 11) is 5.30. The molecule has 120 valence electrons. The number of nitrogens with zero attached hydrogens (tertiary/aromatic N) is 2. The van der Waals surface area contributed by atoms with E-state index in [1.54, 1.807) is 14.2 Å². The maximum Gasteiger partial charge on any atom is 0.122 e. The highest BCUT2D eigenvalue weighted by atomic mass is 16.5. The van der Waals surface area contributed by atoms with Gasteiger partial charge in [-0.15, -0.1) is 0 Å². The number of aromatic nitrogens is 2. The molecule has 0 saturated carbocycles. The first kappa shape index (κ1) is 16.4. The van der Waals surface area contributed by atoms with Crippen LogP contribution in [0.5, 0.6) is 11.5 Å². The fourth-order valence-electron chi connectivity index (χ4n) is 2.76. The van der Waals surface area contributed by atoms with Gasteiger partial charge in [-0.1, -0.05) is 0 Å². The summed E-state index contributed by atoms with van der Waals surface area (Å²) in [5.41, 5.74) is 4.66.